The summed E-state index contributed by atoms with van der Waals surface area (Å²) in [5.41, 5.74) is -0.168. The van der Waals surface area contributed by atoms with Gasteiger partial charge in [0.15, 0.2) is 5.82 Å². The lowest BCUT2D eigenvalue weighted by Gasteiger charge is -2.23. The largest absolute Gasteiger partial charge is 0.466 e. The highest BCUT2D eigenvalue weighted by atomic mass is 16.3. The normalized spacial score (nSPS) is 13.4. The van der Waals surface area contributed by atoms with Crippen LogP contribution in [0.2, 0.25) is 0 Å². The molecule has 3 rings (SSSR count). The van der Waals surface area contributed by atoms with Gasteiger partial charge in [-0.05, 0) is 39.0 Å². The number of furan rings is 1. The molecule has 8 heteroatoms. The van der Waals surface area contributed by atoms with E-state index in [9.17, 15) is 9.90 Å². The number of hydrogen-bond donors (Lipinski definition) is 2. The third kappa shape index (κ3) is 3.58. The van der Waals surface area contributed by atoms with Crippen LogP contribution in [0.15, 0.2) is 41.5 Å². The summed E-state index contributed by atoms with van der Waals surface area (Å²) in [6.07, 6.45) is 4.41. The molecule has 0 bridgehead atoms. The number of amides is 1. The van der Waals surface area contributed by atoms with E-state index in [2.05, 4.69) is 20.4 Å². The molecule has 0 spiro atoms. The van der Waals surface area contributed by atoms with Crippen LogP contribution in [0.25, 0.3) is 5.82 Å². The Bertz CT molecular complexity index is 884. The van der Waals surface area contributed by atoms with Crippen molar-refractivity contribution in [3.8, 4) is 5.82 Å². The first-order valence-electron chi connectivity index (χ1n) is 7.76. The number of carbonyl (C=O) groups is 1. The van der Waals surface area contributed by atoms with Gasteiger partial charge in [-0.1, -0.05) is 0 Å². The Balaban J connectivity index is 1.72. The molecule has 3 aromatic heterocycles. The van der Waals surface area contributed by atoms with Gasteiger partial charge in [-0.3, -0.25) is 4.79 Å². The molecule has 0 aliphatic heterocycles. The number of rotatable bonds is 5. The highest BCUT2D eigenvalue weighted by molar-refractivity contribution is 5.94. The van der Waals surface area contributed by atoms with Crippen LogP contribution in [0.3, 0.4) is 0 Å². The van der Waals surface area contributed by atoms with E-state index in [-0.39, 0.29) is 12.5 Å². The van der Waals surface area contributed by atoms with Crippen LogP contribution < -0.4 is 5.32 Å². The van der Waals surface area contributed by atoms with Crippen molar-refractivity contribution >= 4 is 5.91 Å². The predicted octanol–water partition coefficient (Wildman–Crippen LogP) is 1.51. The van der Waals surface area contributed by atoms with Crippen molar-refractivity contribution in [1.82, 2.24) is 25.1 Å². The summed E-state index contributed by atoms with van der Waals surface area (Å²) in [6.45, 7) is 5.28. The maximum atomic E-state index is 12.4. The highest BCUT2D eigenvalue weighted by Gasteiger charge is 2.28. The van der Waals surface area contributed by atoms with E-state index in [1.807, 2.05) is 6.92 Å². The summed E-state index contributed by atoms with van der Waals surface area (Å²) in [7, 11) is 0. The third-order valence-electron chi connectivity index (χ3n) is 3.88. The standard InChI is InChI=1S/C17H19N5O3/c1-11-6-14(12(2)25-11)17(3,24)8-20-16(23)13-4-5-19-15(7-13)22-10-18-9-21-22/h4-7,9-10,24H,8H2,1-3H3,(H,20,23)/t17-/m1/s1. The molecule has 0 unspecified atom stereocenters. The average Bonchev–Trinajstić information content (AvgIpc) is 3.22. The van der Waals surface area contributed by atoms with Gasteiger partial charge in [0.05, 0.1) is 6.54 Å². The Morgan fingerprint density at radius 3 is 2.84 bits per heavy atom. The van der Waals surface area contributed by atoms with Crippen LogP contribution in [0.5, 0.6) is 0 Å². The minimum atomic E-state index is -1.24. The van der Waals surface area contributed by atoms with Gasteiger partial charge in [-0.2, -0.15) is 5.10 Å². The number of nitrogens with zero attached hydrogens (tertiary/aromatic N) is 4. The molecule has 0 aliphatic carbocycles. The fraction of sp³-hybridized carbons (Fsp3) is 0.294. The van der Waals surface area contributed by atoms with E-state index in [0.717, 1.165) is 0 Å². The van der Waals surface area contributed by atoms with Crippen molar-refractivity contribution in [2.24, 2.45) is 0 Å². The third-order valence-corrected chi connectivity index (χ3v) is 3.88. The summed E-state index contributed by atoms with van der Waals surface area (Å²) in [5, 5.41) is 17.4. The number of aryl methyl sites for hydroxylation is 2. The lowest BCUT2D eigenvalue weighted by atomic mass is 9.96. The van der Waals surface area contributed by atoms with Gasteiger partial charge in [0, 0.05) is 17.3 Å². The molecule has 3 aromatic rings. The number of carbonyl (C=O) groups excluding carboxylic acids is 1. The molecule has 0 radical (unpaired) electrons. The molecule has 3 heterocycles. The van der Waals surface area contributed by atoms with Crippen LogP contribution in [0.1, 0.15) is 34.4 Å². The molecule has 1 atom stereocenters. The fourth-order valence-electron chi connectivity index (χ4n) is 2.63. The SMILES string of the molecule is Cc1cc([C@](C)(O)CNC(=O)c2ccnc(-n3cncn3)c2)c(C)o1. The van der Waals surface area contributed by atoms with E-state index < -0.39 is 5.60 Å². The molecule has 1 amide bonds. The summed E-state index contributed by atoms with van der Waals surface area (Å²) in [4.78, 5) is 20.4. The molecule has 130 valence electrons. The predicted molar refractivity (Wildman–Crippen MR) is 89.2 cm³/mol. The second kappa shape index (κ2) is 6.48. The highest BCUT2D eigenvalue weighted by Crippen LogP contribution is 2.26. The lowest BCUT2D eigenvalue weighted by molar-refractivity contribution is 0.0514. The van der Waals surface area contributed by atoms with Crippen molar-refractivity contribution in [1.29, 1.82) is 0 Å². The van der Waals surface area contributed by atoms with Crippen molar-refractivity contribution in [2.75, 3.05) is 6.54 Å². The first-order valence-corrected chi connectivity index (χ1v) is 7.76. The Morgan fingerprint density at radius 1 is 1.40 bits per heavy atom. The van der Waals surface area contributed by atoms with E-state index in [0.29, 0.717) is 28.5 Å². The zero-order valence-corrected chi connectivity index (χ0v) is 14.2. The Hall–Kier alpha value is -3.00. The van der Waals surface area contributed by atoms with Crippen molar-refractivity contribution in [3.05, 3.63) is 59.7 Å². The summed E-state index contributed by atoms with van der Waals surface area (Å²) in [6, 6.07) is 4.97. The maximum Gasteiger partial charge on any atom is 0.251 e. The zero-order valence-electron chi connectivity index (χ0n) is 14.2. The molecule has 8 nitrogen and oxygen atoms in total. The fourth-order valence-corrected chi connectivity index (χ4v) is 2.63. The first kappa shape index (κ1) is 16.8. The van der Waals surface area contributed by atoms with Gasteiger partial charge in [-0.25, -0.2) is 14.6 Å². The number of pyridine rings is 1. The van der Waals surface area contributed by atoms with Gasteiger partial charge in [0.1, 0.15) is 29.8 Å². The summed E-state index contributed by atoms with van der Waals surface area (Å²) >= 11 is 0. The van der Waals surface area contributed by atoms with Gasteiger partial charge >= 0.3 is 0 Å². The van der Waals surface area contributed by atoms with Crippen LogP contribution in [0.4, 0.5) is 0 Å². The van der Waals surface area contributed by atoms with Gasteiger partial charge in [0.2, 0.25) is 0 Å². The van der Waals surface area contributed by atoms with Crippen LogP contribution >= 0.6 is 0 Å². The van der Waals surface area contributed by atoms with Crippen LogP contribution in [-0.2, 0) is 5.60 Å². The van der Waals surface area contributed by atoms with Crippen LogP contribution in [-0.4, -0.2) is 37.3 Å². The second-order valence-electron chi connectivity index (χ2n) is 6.03. The molecular weight excluding hydrogens is 322 g/mol. The minimum Gasteiger partial charge on any atom is -0.466 e. The number of hydrogen-bond acceptors (Lipinski definition) is 6. The van der Waals surface area contributed by atoms with Gasteiger partial charge < -0.3 is 14.8 Å². The van der Waals surface area contributed by atoms with Crippen molar-refractivity contribution < 1.29 is 14.3 Å². The maximum absolute atomic E-state index is 12.4. The Morgan fingerprint density at radius 2 is 2.20 bits per heavy atom. The average molecular weight is 341 g/mol. The van der Waals surface area contributed by atoms with Gasteiger partial charge in [0.25, 0.3) is 5.91 Å². The lowest BCUT2D eigenvalue weighted by Crippen LogP contribution is -2.38. The first-order chi connectivity index (χ1) is 11.9. The Kier molecular flexibility index (Phi) is 4.37. The quantitative estimate of drug-likeness (QED) is 0.728. The van der Waals surface area contributed by atoms with Crippen molar-refractivity contribution in [2.45, 2.75) is 26.4 Å². The van der Waals surface area contributed by atoms with Crippen LogP contribution in [0, 0.1) is 13.8 Å². The topological polar surface area (TPSA) is 106 Å². The minimum absolute atomic E-state index is 0.0482. The smallest absolute Gasteiger partial charge is 0.251 e. The number of nitrogens with one attached hydrogen (secondary N) is 1. The van der Waals surface area contributed by atoms with E-state index in [1.54, 1.807) is 32.0 Å². The zero-order chi connectivity index (χ0) is 18.0. The molecule has 0 saturated heterocycles. The summed E-state index contributed by atoms with van der Waals surface area (Å²) in [5.74, 6) is 1.51. The number of aromatic nitrogens is 4. The molecule has 0 aliphatic rings. The van der Waals surface area contributed by atoms with Gasteiger partial charge in [-0.15, -0.1) is 0 Å². The molecule has 25 heavy (non-hydrogen) atoms. The second-order valence-corrected chi connectivity index (χ2v) is 6.03. The monoisotopic (exact) mass is 341 g/mol. The molecule has 2 N–H and O–H groups in total. The molecule has 0 fully saturated rings. The molecule has 0 aromatic carbocycles. The van der Waals surface area contributed by atoms with E-state index in [4.69, 9.17) is 4.42 Å². The number of aliphatic hydroxyl groups is 1. The van der Waals surface area contributed by atoms with E-state index in [1.165, 1.54) is 23.5 Å². The molecule has 0 saturated carbocycles. The van der Waals surface area contributed by atoms with E-state index >= 15 is 0 Å². The molecular formula is C17H19N5O3. The van der Waals surface area contributed by atoms with Crippen molar-refractivity contribution in [3.63, 3.8) is 0 Å². The Labute approximate surface area is 144 Å². The summed E-state index contributed by atoms with van der Waals surface area (Å²) < 4.78 is 6.92.